The van der Waals surface area contributed by atoms with Gasteiger partial charge in [0.15, 0.2) is 12.4 Å². The van der Waals surface area contributed by atoms with E-state index < -0.39 is 109 Å². The zero-order chi connectivity index (χ0) is 64.8. The number of hydrogen-bond donors (Lipinski definition) is 1. The number of methoxy groups -OCH3 is 1. The van der Waals surface area contributed by atoms with Crippen molar-refractivity contribution in [3.05, 3.63) is 48.0 Å². The molecule has 18 nitrogen and oxygen atoms in total. The van der Waals surface area contributed by atoms with Crippen LogP contribution < -0.4 is 5.32 Å². The Kier molecular flexibility index (Phi) is 37.7. The van der Waals surface area contributed by atoms with Crippen LogP contribution in [-0.4, -0.2) is 123 Å². The summed E-state index contributed by atoms with van der Waals surface area (Å²) in [6, 6.07) is 7.40. The molecule has 1 aromatic carbocycles. The Balaban J connectivity index is 1.63. The fraction of sp³-hybridized carbons (Fsp3) is 0.789. The topological polar surface area (TPSA) is 224 Å². The summed E-state index contributed by atoms with van der Waals surface area (Å²) in [6.07, 6.45) is 27.0. The van der Waals surface area contributed by atoms with Crippen molar-refractivity contribution in [3.8, 4) is 0 Å². The van der Waals surface area contributed by atoms with Crippen LogP contribution >= 0.6 is 0 Å². The van der Waals surface area contributed by atoms with Gasteiger partial charge in [-0.05, 0) is 49.3 Å². The van der Waals surface area contributed by atoms with Crippen molar-refractivity contribution in [3.63, 3.8) is 0 Å². The Morgan fingerprint density at radius 3 is 1.79 bits per heavy atom. The summed E-state index contributed by atoms with van der Waals surface area (Å²) in [4.78, 5) is 94.7. The molecule has 3 aliphatic rings. The van der Waals surface area contributed by atoms with E-state index in [1.807, 2.05) is 19.9 Å². The lowest BCUT2D eigenvalue weighted by Gasteiger charge is -2.51. The van der Waals surface area contributed by atoms with E-state index >= 15 is 0 Å². The highest BCUT2D eigenvalue weighted by molar-refractivity contribution is 5.89. The third kappa shape index (κ3) is 28.7. The lowest BCUT2D eigenvalue weighted by molar-refractivity contribution is -0.360. The van der Waals surface area contributed by atoms with E-state index in [2.05, 4.69) is 19.2 Å². The van der Waals surface area contributed by atoms with Crippen LogP contribution in [0.3, 0.4) is 0 Å². The smallest absolute Gasteiger partial charge is 0.366 e. The molecule has 3 aliphatic heterocycles. The molecule has 0 aromatic heterocycles. The minimum absolute atomic E-state index is 0.0343. The van der Waals surface area contributed by atoms with E-state index in [4.69, 9.17) is 47.4 Å². The molecule has 4 rings (SSSR count). The number of nitrogens with one attached hydrogen (secondary N) is 1. The SMILES string of the molecule is CCCCCCCCCCCCC/C=C/[C@H]1OC(=O)CCC(=O)OC[C@@H]2O[C@@H](OC[C@@H]1NC(=O)CCCCCCCCCCCCCCCCC)C(OC(=O)c1ccccc1)C(C)[C@@H]2O[C@]1(C(=O)OC)CC(C)[C@H](C)[C@H]([C@H](C)[C@@H](COC(C)=O)OC(C)=O)O1. The number of amides is 1. The van der Waals surface area contributed by atoms with Crippen molar-refractivity contribution in [1.29, 1.82) is 0 Å². The number of benzene rings is 1. The van der Waals surface area contributed by atoms with Gasteiger partial charge in [0.05, 0.1) is 50.4 Å². The van der Waals surface area contributed by atoms with Crippen molar-refractivity contribution in [2.24, 2.45) is 23.7 Å². The van der Waals surface area contributed by atoms with E-state index in [0.29, 0.717) is 12.8 Å². The number of allylic oxidation sites excluding steroid dienone is 1. The number of cyclic esters (lactones) is 2. The molecule has 0 saturated carbocycles. The molecule has 18 heteroatoms. The molecule has 0 aliphatic carbocycles. The number of esters is 6. The van der Waals surface area contributed by atoms with Gasteiger partial charge in [-0.3, -0.25) is 24.0 Å². The van der Waals surface area contributed by atoms with Crippen LogP contribution in [0.15, 0.2) is 42.5 Å². The second-order valence-corrected chi connectivity index (χ2v) is 25.5. The minimum atomic E-state index is -2.17. The molecule has 3 fully saturated rings. The predicted octanol–water partition coefficient (Wildman–Crippen LogP) is 14.3. The molecule has 3 unspecified atom stereocenters. The first-order chi connectivity index (χ1) is 42.9. The summed E-state index contributed by atoms with van der Waals surface area (Å²) in [5.41, 5.74) is 0.227. The van der Waals surface area contributed by atoms with Crippen molar-refractivity contribution < 1.29 is 80.9 Å². The number of carbonyl (C=O) groups excluding carboxylic acids is 7. The maximum absolute atomic E-state index is 14.4. The van der Waals surface area contributed by atoms with Crippen LogP contribution in [0, 0.1) is 23.7 Å². The van der Waals surface area contributed by atoms with Crippen LogP contribution in [0.2, 0.25) is 0 Å². The van der Waals surface area contributed by atoms with Gasteiger partial charge in [0.1, 0.15) is 31.5 Å². The molecule has 1 N–H and O–H groups in total. The van der Waals surface area contributed by atoms with Crippen molar-refractivity contribution in [1.82, 2.24) is 5.32 Å². The van der Waals surface area contributed by atoms with Crippen molar-refractivity contribution in [2.75, 3.05) is 26.9 Å². The molecule has 0 radical (unpaired) electrons. The largest absolute Gasteiger partial charge is 0.465 e. The average molecular weight is 1250 g/mol. The van der Waals surface area contributed by atoms with Gasteiger partial charge in [0, 0.05) is 38.5 Å². The van der Waals surface area contributed by atoms with Crippen LogP contribution in [0.5, 0.6) is 0 Å². The number of fused-ring (bicyclic) bond motifs is 2. The van der Waals surface area contributed by atoms with Crippen LogP contribution in [0.4, 0.5) is 0 Å². The maximum atomic E-state index is 14.4. The van der Waals surface area contributed by atoms with E-state index in [-0.39, 0.29) is 62.2 Å². The van der Waals surface area contributed by atoms with Crippen molar-refractivity contribution >= 4 is 41.7 Å². The Morgan fingerprint density at radius 2 is 1.24 bits per heavy atom. The van der Waals surface area contributed by atoms with Gasteiger partial charge in [0.25, 0.3) is 5.79 Å². The lowest BCUT2D eigenvalue weighted by Crippen LogP contribution is -2.64. The second kappa shape index (κ2) is 43.8. The van der Waals surface area contributed by atoms with Crippen LogP contribution in [0.25, 0.3) is 0 Å². The fourth-order valence-electron chi connectivity index (χ4n) is 12.4. The standard InChI is InChI=1S/C71H115NO17/c1-10-12-14-16-18-20-22-24-25-27-29-31-33-35-40-44-62(75)72-58-48-83-69-67(87-68(78)57-41-37-36-38-42-57)54(6)66(89-71(70(79)80-9)47-51(3)52(4)65(88-71)53(5)60(84-56(8)74)49-81-55(7)73)61(86-69)50-82-63(76)45-46-64(77)85-59(58)43-39-34-32-30-28-26-23-21-19-17-15-13-11-2/h36-39,41-43,51-54,58-61,65-67,69H,10-35,40,44-50H2,1-9H3,(H,72,75)/b43-39+/t51?,52-,53+,54?,58-,59+,60+,61-,65+,66-,67?,69+,71-/m0/s1. The number of rotatable bonds is 40. The number of ether oxygens (including phenoxy) is 10. The molecular weight excluding hydrogens is 1140 g/mol. The molecular formula is C71H115NO17. The summed E-state index contributed by atoms with van der Waals surface area (Å²) in [5, 5.41) is 3.14. The fourth-order valence-corrected chi connectivity index (χ4v) is 12.4. The third-order valence-corrected chi connectivity index (χ3v) is 18.0. The first-order valence-electron chi connectivity index (χ1n) is 34.5. The number of unbranched alkanes of at least 4 members (excludes halogenated alkanes) is 25. The van der Waals surface area contributed by atoms with Gasteiger partial charge < -0.3 is 52.7 Å². The number of carbonyl (C=O) groups is 7. The first-order valence-corrected chi connectivity index (χ1v) is 34.5. The predicted molar refractivity (Wildman–Crippen MR) is 340 cm³/mol. The minimum Gasteiger partial charge on any atom is -0.465 e. The monoisotopic (exact) mass is 1250 g/mol. The van der Waals surface area contributed by atoms with Gasteiger partial charge in [-0.1, -0.05) is 220 Å². The molecule has 3 heterocycles. The number of hydrogen-bond acceptors (Lipinski definition) is 17. The Morgan fingerprint density at radius 1 is 0.685 bits per heavy atom. The molecule has 1 aromatic rings. The summed E-state index contributed by atoms with van der Waals surface area (Å²) >= 11 is 0. The Hall–Kier alpha value is -4.91. The third-order valence-electron chi connectivity index (χ3n) is 18.0. The second-order valence-electron chi connectivity index (χ2n) is 25.5. The molecule has 506 valence electrons. The van der Waals surface area contributed by atoms with E-state index in [1.54, 1.807) is 50.3 Å². The van der Waals surface area contributed by atoms with E-state index in [1.165, 1.54) is 143 Å². The van der Waals surface area contributed by atoms with Crippen LogP contribution in [-0.2, 0) is 76.1 Å². The van der Waals surface area contributed by atoms with Gasteiger partial charge >= 0.3 is 35.8 Å². The summed E-state index contributed by atoms with van der Waals surface area (Å²) in [6.45, 7) is 13.3. The maximum Gasteiger partial charge on any atom is 0.366 e. The highest BCUT2D eigenvalue weighted by Crippen LogP contribution is 2.45. The summed E-state index contributed by atoms with van der Waals surface area (Å²) in [5.74, 6) is -8.86. The molecule has 89 heavy (non-hydrogen) atoms. The average Bonchev–Trinajstić information content (AvgIpc) is 0.891. The normalized spacial score (nSPS) is 25.8. The molecule has 0 spiro atoms. The van der Waals surface area contributed by atoms with E-state index in [0.717, 1.165) is 38.5 Å². The quantitative estimate of drug-likeness (QED) is 0.0279. The summed E-state index contributed by atoms with van der Waals surface area (Å²) in [7, 11) is 1.20. The van der Waals surface area contributed by atoms with Gasteiger partial charge in [-0.15, -0.1) is 0 Å². The van der Waals surface area contributed by atoms with E-state index in [9.17, 15) is 33.6 Å². The molecule has 2 bridgehead atoms. The Labute approximate surface area is 533 Å². The highest BCUT2D eigenvalue weighted by atomic mass is 16.8. The zero-order valence-electron chi connectivity index (χ0n) is 56.0. The Bertz CT molecular complexity index is 2230. The molecule has 3 saturated heterocycles. The molecule has 1 amide bonds. The zero-order valence-corrected chi connectivity index (χ0v) is 56.0. The lowest BCUT2D eigenvalue weighted by atomic mass is 9.76. The molecule has 13 atom stereocenters. The van der Waals surface area contributed by atoms with Gasteiger partial charge in [-0.25, -0.2) is 9.59 Å². The van der Waals surface area contributed by atoms with Crippen LogP contribution in [0.1, 0.15) is 265 Å². The van der Waals surface area contributed by atoms with Gasteiger partial charge in [-0.2, -0.15) is 0 Å². The summed E-state index contributed by atoms with van der Waals surface area (Å²) < 4.78 is 62.0. The van der Waals surface area contributed by atoms with Gasteiger partial charge in [0.2, 0.25) is 5.91 Å². The van der Waals surface area contributed by atoms with Crippen molar-refractivity contribution in [2.45, 2.75) is 309 Å². The first kappa shape index (κ1) is 76.5. The highest BCUT2D eigenvalue weighted by Gasteiger charge is 2.58.